The molecule has 2 atom stereocenters. The molecule has 1 N–H and O–H groups in total. The van der Waals surface area contributed by atoms with Gasteiger partial charge >= 0.3 is 0 Å². The van der Waals surface area contributed by atoms with Gasteiger partial charge in [-0.15, -0.1) is 0 Å². The van der Waals surface area contributed by atoms with E-state index < -0.39 is 0 Å². The van der Waals surface area contributed by atoms with Crippen LogP contribution in [0.3, 0.4) is 0 Å². The topological polar surface area (TPSA) is 62.3 Å². The van der Waals surface area contributed by atoms with Crippen LogP contribution in [0.1, 0.15) is 10.4 Å². The van der Waals surface area contributed by atoms with E-state index in [1.54, 1.807) is 0 Å². The number of nitrogens with zero attached hydrogens (tertiary/aromatic N) is 2. The molecule has 2 aliphatic rings. The highest BCUT2D eigenvalue weighted by Crippen LogP contribution is 2.31. The molecule has 3 aromatic rings. The predicted octanol–water partition coefficient (Wildman–Crippen LogP) is 3.37. The van der Waals surface area contributed by atoms with Crippen LogP contribution in [-0.4, -0.2) is 41.3 Å². The zero-order valence-electron chi connectivity index (χ0n) is 15.1. The van der Waals surface area contributed by atoms with Crippen molar-refractivity contribution in [3.63, 3.8) is 0 Å². The molecule has 3 heterocycles. The molecule has 5 nitrogen and oxygen atoms in total. The van der Waals surface area contributed by atoms with Gasteiger partial charge in [-0.3, -0.25) is 9.59 Å². The van der Waals surface area contributed by atoms with Gasteiger partial charge in [0.2, 0.25) is 5.91 Å². The van der Waals surface area contributed by atoms with Gasteiger partial charge in [0.1, 0.15) is 0 Å². The third-order valence-electron chi connectivity index (χ3n) is 5.69. The number of halogens is 1. The summed E-state index contributed by atoms with van der Waals surface area (Å²) in [5.41, 5.74) is 3.03. The molecule has 6 heteroatoms. The highest BCUT2D eigenvalue weighted by molar-refractivity contribution is 6.30. The fourth-order valence-electron chi connectivity index (χ4n) is 4.19. The number of rotatable bonds is 2. The molecule has 2 saturated heterocycles. The van der Waals surface area contributed by atoms with Crippen LogP contribution in [0.15, 0.2) is 54.6 Å². The van der Waals surface area contributed by atoms with Crippen LogP contribution < -0.4 is 5.32 Å². The first-order chi connectivity index (χ1) is 13.6. The van der Waals surface area contributed by atoms with Gasteiger partial charge in [0.05, 0.1) is 22.7 Å². The number of benzene rings is 2. The Morgan fingerprint density at radius 2 is 1.89 bits per heavy atom. The lowest BCUT2D eigenvalue weighted by Crippen LogP contribution is -2.33. The number of carbonyl (C=O) groups excluding carboxylic acids is 2. The summed E-state index contributed by atoms with van der Waals surface area (Å²) in [4.78, 5) is 31.9. The maximum absolute atomic E-state index is 13.4. The zero-order valence-corrected chi connectivity index (χ0v) is 15.8. The Morgan fingerprint density at radius 1 is 1.11 bits per heavy atom. The Balaban J connectivity index is 1.57. The SMILES string of the molecule is O=C1NC[C@H]2CN(C(=O)c3cc(-c4ccc(Cl)cc4)nc4ccccc34)C[C@@H]12. The van der Waals surface area contributed by atoms with Crippen LogP contribution in [0.25, 0.3) is 22.2 Å². The maximum atomic E-state index is 13.4. The predicted molar refractivity (Wildman–Crippen MR) is 108 cm³/mol. The van der Waals surface area contributed by atoms with Gasteiger partial charge in [-0.25, -0.2) is 4.98 Å². The fourth-order valence-corrected chi connectivity index (χ4v) is 4.32. The number of carbonyl (C=O) groups is 2. The molecule has 0 radical (unpaired) electrons. The van der Waals surface area contributed by atoms with Crippen molar-refractivity contribution >= 4 is 34.3 Å². The van der Waals surface area contributed by atoms with E-state index in [4.69, 9.17) is 16.6 Å². The minimum absolute atomic E-state index is 0.0454. The molecule has 2 aliphatic heterocycles. The monoisotopic (exact) mass is 391 g/mol. The third kappa shape index (κ3) is 2.83. The van der Waals surface area contributed by atoms with Crippen molar-refractivity contribution in [1.82, 2.24) is 15.2 Å². The molecular weight excluding hydrogens is 374 g/mol. The summed E-state index contributed by atoms with van der Waals surface area (Å²) in [6, 6.07) is 16.9. The average molecular weight is 392 g/mol. The minimum atomic E-state index is -0.0900. The third-order valence-corrected chi connectivity index (χ3v) is 5.94. The molecule has 2 aromatic carbocycles. The Labute approximate surface area is 167 Å². The number of para-hydroxylation sites is 1. The smallest absolute Gasteiger partial charge is 0.254 e. The summed E-state index contributed by atoms with van der Waals surface area (Å²) in [7, 11) is 0. The van der Waals surface area contributed by atoms with Crippen LogP contribution in [0.4, 0.5) is 0 Å². The van der Waals surface area contributed by atoms with Crippen LogP contribution in [0, 0.1) is 11.8 Å². The van der Waals surface area contributed by atoms with Crippen LogP contribution in [-0.2, 0) is 4.79 Å². The van der Waals surface area contributed by atoms with E-state index in [0.717, 1.165) is 22.2 Å². The normalized spacial score (nSPS) is 21.0. The largest absolute Gasteiger partial charge is 0.355 e. The number of pyridine rings is 1. The second-order valence-corrected chi connectivity index (χ2v) is 7.84. The molecule has 28 heavy (non-hydrogen) atoms. The average Bonchev–Trinajstić information content (AvgIpc) is 3.29. The first-order valence-electron chi connectivity index (χ1n) is 9.33. The van der Waals surface area contributed by atoms with E-state index in [1.165, 1.54) is 0 Å². The molecular formula is C22H18ClN3O2. The van der Waals surface area contributed by atoms with Crippen LogP contribution in [0.5, 0.6) is 0 Å². The minimum Gasteiger partial charge on any atom is -0.355 e. The molecule has 140 valence electrons. The lowest BCUT2D eigenvalue weighted by atomic mass is 10.0. The summed E-state index contributed by atoms with van der Waals surface area (Å²) in [5, 5.41) is 4.37. The van der Waals surface area contributed by atoms with E-state index in [-0.39, 0.29) is 23.7 Å². The first kappa shape index (κ1) is 17.2. The van der Waals surface area contributed by atoms with E-state index in [2.05, 4.69) is 5.32 Å². The van der Waals surface area contributed by atoms with Gasteiger partial charge in [0.25, 0.3) is 5.91 Å². The Morgan fingerprint density at radius 3 is 2.68 bits per heavy atom. The van der Waals surface area contributed by atoms with Crippen molar-refractivity contribution in [2.24, 2.45) is 11.8 Å². The quantitative estimate of drug-likeness (QED) is 0.728. The van der Waals surface area contributed by atoms with E-state index in [9.17, 15) is 9.59 Å². The van der Waals surface area contributed by atoms with Gasteiger partial charge in [0.15, 0.2) is 0 Å². The van der Waals surface area contributed by atoms with Gasteiger partial charge in [-0.05, 0) is 24.3 Å². The molecule has 0 aliphatic carbocycles. The van der Waals surface area contributed by atoms with E-state index >= 15 is 0 Å². The molecule has 5 rings (SSSR count). The molecule has 0 saturated carbocycles. The molecule has 1 aromatic heterocycles. The molecule has 0 unspecified atom stereocenters. The number of hydrogen-bond donors (Lipinski definition) is 1. The Hall–Kier alpha value is -2.92. The second-order valence-electron chi connectivity index (χ2n) is 7.40. The van der Waals surface area contributed by atoms with Crippen molar-refractivity contribution in [2.45, 2.75) is 0 Å². The van der Waals surface area contributed by atoms with Crippen molar-refractivity contribution in [1.29, 1.82) is 0 Å². The Kier molecular flexibility index (Phi) is 4.05. The standard InChI is InChI=1S/C22H18ClN3O2/c23-15-7-5-13(6-8-15)20-9-17(16-3-1-2-4-19(16)25-20)22(28)26-11-14-10-24-21(27)18(14)12-26/h1-9,14,18H,10-12H2,(H,24,27)/t14-,18+/m0/s1. The molecule has 0 bridgehead atoms. The maximum Gasteiger partial charge on any atom is 0.254 e. The number of aromatic nitrogens is 1. The number of fused-ring (bicyclic) bond motifs is 2. The van der Waals surface area contributed by atoms with Crippen molar-refractivity contribution in [2.75, 3.05) is 19.6 Å². The van der Waals surface area contributed by atoms with Gasteiger partial charge in [-0.1, -0.05) is 41.9 Å². The lowest BCUT2D eigenvalue weighted by Gasteiger charge is -2.19. The molecule has 2 fully saturated rings. The van der Waals surface area contributed by atoms with Crippen molar-refractivity contribution < 1.29 is 9.59 Å². The number of likely N-dealkylation sites (tertiary alicyclic amines) is 1. The summed E-state index contributed by atoms with van der Waals surface area (Å²) in [6.45, 7) is 1.73. The van der Waals surface area contributed by atoms with E-state index in [0.29, 0.717) is 30.2 Å². The highest BCUT2D eigenvalue weighted by atomic mass is 35.5. The summed E-state index contributed by atoms with van der Waals surface area (Å²) >= 11 is 6.01. The van der Waals surface area contributed by atoms with Gasteiger partial charge in [-0.2, -0.15) is 0 Å². The van der Waals surface area contributed by atoms with Gasteiger partial charge < -0.3 is 10.2 Å². The van der Waals surface area contributed by atoms with E-state index in [1.807, 2.05) is 59.5 Å². The second kappa shape index (κ2) is 6.60. The van der Waals surface area contributed by atoms with Gasteiger partial charge in [0, 0.05) is 41.5 Å². The van der Waals surface area contributed by atoms with Crippen molar-refractivity contribution in [3.8, 4) is 11.3 Å². The zero-order chi connectivity index (χ0) is 19.3. The van der Waals surface area contributed by atoms with Crippen molar-refractivity contribution in [3.05, 3.63) is 65.2 Å². The highest BCUT2D eigenvalue weighted by Gasteiger charge is 2.43. The summed E-state index contributed by atoms with van der Waals surface area (Å²) in [5.74, 6) is 0.130. The molecule has 2 amide bonds. The Bertz CT molecular complexity index is 1100. The fraction of sp³-hybridized carbons (Fsp3) is 0.227. The lowest BCUT2D eigenvalue weighted by molar-refractivity contribution is -0.122. The number of nitrogens with one attached hydrogen (secondary N) is 1. The number of hydrogen-bond acceptors (Lipinski definition) is 3. The van der Waals surface area contributed by atoms with Crippen LogP contribution >= 0.6 is 11.6 Å². The first-order valence-corrected chi connectivity index (χ1v) is 9.70. The van der Waals surface area contributed by atoms with Crippen LogP contribution in [0.2, 0.25) is 5.02 Å². The molecule has 0 spiro atoms. The number of amides is 2. The summed E-state index contributed by atoms with van der Waals surface area (Å²) in [6.07, 6.45) is 0. The summed E-state index contributed by atoms with van der Waals surface area (Å²) < 4.78 is 0.